The molecule has 108 valence electrons. The van der Waals surface area contributed by atoms with E-state index in [1.54, 1.807) is 0 Å². The lowest BCUT2D eigenvalue weighted by molar-refractivity contribution is 0.334. The van der Waals surface area contributed by atoms with Crippen LogP contribution in [0.4, 0.5) is 5.82 Å². The van der Waals surface area contributed by atoms with Gasteiger partial charge in [0.1, 0.15) is 5.52 Å². The van der Waals surface area contributed by atoms with Crippen LogP contribution in [0.5, 0.6) is 0 Å². The van der Waals surface area contributed by atoms with Gasteiger partial charge in [-0.3, -0.25) is 0 Å². The van der Waals surface area contributed by atoms with Gasteiger partial charge in [0.25, 0.3) is 0 Å². The lowest BCUT2D eigenvalue weighted by Crippen LogP contribution is -2.47. The molecular weight excluding hydrogens is 250 g/mol. The Morgan fingerprint density at radius 2 is 2.30 bits per heavy atom. The van der Waals surface area contributed by atoms with E-state index >= 15 is 0 Å². The molecule has 2 aromatic rings. The highest BCUT2D eigenvalue weighted by Gasteiger charge is 2.28. The summed E-state index contributed by atoms with van der Waals surface area (Å²) in [6.45, 7) is 6.01. The molecule has 1 aliphatic heterocycles. The summed E-state index contributed by atoms with van der Waals surface area (Å²) in [5, 5.41) is 4.47. The lowest BCUT2D eigenvalue weighted by Gasteiger charge is -2.39. The van der Waals surface area contributed by atoms with E-state index in [9.17, 15) is 0 Å². The van der Waals surface area contributed by atoms with Crippen molar-refractivity contribution in [2.24, 2.45) is 11.7 Å². The van der Waals surface area contributed by atoms with Crippen LogP contribution in [0.1, 0.15) is 31.9 Å². The second kappa shape index (κ2) is 5.40. The molecule has 5 heteroatoms. The average molecular weight is 273 g/mol. The van der Waals surface area contributed by atoms with Crippen LogP contribution in [0.3, 0.4) is 0 Å². The number of nitrogens with zero attached hydrogens (tertiary/aromatic N) is 4. The number of nitrogens with two attached hydrogens (primary N) is 1. The van der Waals surface area contributed by atoms with Gasteiger partial charge in [-0.25, -0.2) is 9.50 Å². The first-order valence-electron chi connectivity index (χ1n) is 7.50. The number of piperidine rings is 1. The van der Waals surface area contributed by atoms with Crippen molar-refractivity contribution in [3.8, 4) is 0 Å². The highest BCUT2D eigenvalue weighted by Crippen LogP contribution is 2.30. The molecule has 0 saturated carbocycles. The van der Waals surface area contributed by atoms with Crippen molar-refractivity contribution in [3.05, 3.63) is 24.2 Å². The molecule has 1 saturated heterocycles. The van der Waals surface area contributed by atoms with Crippen molar-refractivity contribution in [1.82, 2.24) is 14.6 Å². The molecule has 0 bridgehead atoms. The zero-order valence-electron chi connectivity index (χ0n) is 12.3. The summed E-state index contributed by atoms with van der Waals surface area (Å²) in [6.07, 6.45) is 7.37. The van der Waals surface area contributed by atoms with Crippen LogP contribution in [0.25, 0.3) is 5.52 Å². The van der Waals surface area contributed by atoms with Crippen molar-refractivity contribution >= 4 is 11.3 Å². The third kappa shape index (κ3) is 2.26. The average Bonchev–Trinajstić information content (AvgIpc) is 2.86. The van der Waals surface area contributed by atoms with Crippen LogP contribution in [0, 0.1) is 12.8 Å². The second-order valence-electron chi connectivity index (χ2n) is 5.75. The Balaban J connectivity index is 1.97. The minimum Gasteiger partial charge on any atom is -0.351 e. The number of anilines is 1. The quantitative estimate of drug-likeness (QED) is 0.929. The fourth-order valence-corrected chi connectivity index (χ4v) is 3.26. The van der Waals surface area contributed by atoms with Crippen LogP contribution in [-0.4, -0.2) is 33.7 Å². The van der Waals surface area contributed by atoms with Crippen molar-refractivity contribution in [2.45, 2.75) is 39.2 Å². The van der Waals surface area contributed by atoms with E-state index in [0.717, 1.165) is 29.5 Å². The first-order chi connectivity index (χ1) is 9.72. The van der Waals surface area contributed by atoms with Gasteiger partial charge in [-0.2, -0.15) is 5.10 Å². The van der Waals surface area contributed by atoms with E-state index in [2.05, 4.69) is 28.0 Å². The summed E-state index contributed by atoms with van der Waals surface area (Å²) in [4.78, 5) is 6.98. The summed E-state index contributed by atoms with van der Waals surface area (Å²) >= 11 is 0. The zero-order valence-corrected chi connectivity index (χ0v) is 12.3. The molecule has 0 aliphatic carbocycles. The fourth-order valence-electron chi connectivity index (χ4n) is 3.26. The van der Waals surface area contributed by atoms with Crippen LogP contribution in [0.15, 0.2) is 18.5 Å². The summed E-state index contributed by atoms with van der Waals surface area (Å²) in [5.74, 6) is 1.82. The minimum atomic E-state index is 0.391. The highest BCUT2D eigenvalue weighted by atomic mass is 15.3. The van der Waals surface area contributed by atoms with Gasteiger partial charge in [0.2, 0.25) is 0 Å². The van der Waals surface area contributed by atoms with Gasteiger partial charge >= 0.3 is 0 Å². The summed E-state index contributed by atoms with van der Waals surface area (Å²) in [7, 11) is 0. The number of fused-ring (bicyclic) bond motifs is 1. The minimum absolute atomic E-state index is 0.391. The van der Waals surface area contributed by atoms with Gasteiger partial charge in [0.05, 0.1) is 5.69 Å². The van der Waals surface area contributed by atoms with Crippen molar-refractivity contribution in [2.75, 3.05) is 18.0 Å². The normalized spacial score (nSPS) is 23.4. The number of aromatic nitrogens is 3. The van der Waals surface area contributed by atoms with Crippen LogP contribution in [0.2, 0.25) is 0 Å². The second-order valence-corrected chi connectivity index (χ2v) is 5.75. The molecule has 2 N–H and O–H groups in total. The molecule has 3 rings (SSSR count). The first kappa shape index (κ1) is 13.4. The Morgan fingerprint density at radius 3 is 3.05 bits per heavy atom. The van der Waals surface area contributed by atoms with Crippen molar-refractivity contribution in [1.29, 1.82) is 0 Å². The molecule has 20 heavy (non-hydrogen) atoms. The third-order valence-electron chi connectivity index (χ3n) is 4.44. The molecule has 1 aliphatic rings. The molecule has 1 fully saturated rings. The van der Waals surface area contributed by atoms with Crippen LogP contribution >= 0.6 is 0 Å². The van der Waals surface area contributed by atoms with Crippen molar-refractivity contribution in [3.63, 3.8) is 0 Å². The van der Waals surface area contributed by atoms with E-state index in [4.69, 9.17) is 5.73 Å². The van der Waals surface area contributed by atoms with Gasteiger partial charge < -0.3 is 10.6 Å². The zero-order chi connectivity index (χ0) is 14.1. The molecule has 0 spiro atoms. The van der Waals surface area contributed by atoms with Crippen LogP contribution in [-0.2, 0) is 0 Å². The van der Waals surface area contributed by atoms with Gasteiger partial charge in [-0.05, 0) is 31.7 Å². The van der Waals surface area contributed by atoms with E-state index in [1.165, 1.54) is 19.3 Å². The lowest BCUT2D eigenvalue weighted by atomic mass is 9.89. The molecule has 5 nitrogen and oxygen atoms in total. The predicted molar refractivity (Wildman–Crippen MR) is 80.9 cm³/mol. The maximum Gasteiger partial charge on any atom is 0.154 e. The molecule has 0 radical (unpaired) electrons. The largest absolute Gasteiger partial charge is 0.351 e. The standard InChI is InChI=1S/C15H23N5/c1-3-12-4-6-19(13(9-12)10-16)15-14-8-11(2)18-20(14)7-5-17-15/h5,7-8,12-13H,3-4,6,9-10,16H2,1-2H3. The maximum atomic E-state index is 6.01. The number of hydrogen-bond acceptors (Lipinski definition) is 4. The smallest absolute Gasteiger partial charge is 0.154 e. The van der Waals surface area contributed by atoms with E-state index in [-0.39, 0.29) is 0 Å². The number of hydrogen-bond donors (Lipinski definition) is 1. The summed E-state index contributed by atoms with van der Waals surface area (Å²) in [5.41, 5.74) is 8.11. The fraction of sp³-hybridized carbons (Fsp3) is 0.600. The molecule has 2 aromatic heterocycles. The van der Waals surface area contributed by atoms with Gasteiger partial charge in [0.15, 0.2) is 5.82 Å². The van der Waals surface area contributed by atoms with Gasteiger partial charge in [-0.15, -0.1) is 0 Å². The predicted octanol–water partition coefficient (Wildman–Crippen LogP) is 1.99. The van der Waals surface area contributed by atoms with E-state index < -0.39 is 0 Å². The van der Waals surface area contributed by atoms with Gasteiger partial charge in [0, 0.05) is 31.5 Å². The Morgan fingerprint density at radius 1 is 1.45 bits per heavy atom. The highest BCUT2D eigenvalue weighted by molar-refractivity contribution is 5.69. The Kier molecular flexibility index (Phi) is 3.61. The number of aryl methyl sites for hydroxylation is 1. The monoisotopic (exact) mass is 273 g/mol. The molecule has 0 aromatic carbocycles. The number of rotatable bonds is 3. The third-order valence-corrected chi connectivity index (χ3v) is 4.44. The Hall–Kier alpha value is -1.62. The SMILES string of the molecule is CCC1CCN(c2nccn3nc(C)cc23)C(CN)C1. The van der Waals surface area contributed by atoms with Crippen LogP contribution < -0.4 is 10.6 Å². The van der Waals surface area contributed by atoms with E-state index in [0.29, 0.717) is 12.6 Å². The molecule has 2 unspecified atom stereocenters. The first-order valence-corrected chi connectivity index (χ1v) is 7.50. The Bertz CT molecular complexity index is 591. The van der Waals surface area contributed by atoms with Crippen molar-refractivity contribution < 1.29 is 0 Å². The summed E-state index contributed by atoms with van der Waals surface area (Å²) in [6, 6.07) is 2.49. The topological polar surface area (TPSA) is 59.5 Å². The molecule has 2 atom stereocenters. The Labute approximate surface area is 119 Å². The molecule has 3 heterocycles. The molecule has 0 amide bonds. The van der Waals surface area contributed by atoms with E-state index in [1.807, 2.05) is 23.8 Å². The summed E-state index contributed by atoms with van der Waals surface area (Å²) < 4.78 is 1.91. The van der Waals surface area contributed by atoms with Gasteiger partial charge in [-0.1, -0.05) is 13.3 Å². The molecular formula is C15H23N5. The maximum absolute atomic E-state index is 6.01.